The Kier molecular flexibility index (Phi) is 4.15. The van der Waals surface area contributed by atoms with Crippen LogP contribution in [0.15, 0.2) is 18.6 Å². The van der Waals surface area contributed by atoms with Gasteiger partial charge >= 0.3 is 0 Å². The quantitative estimate of drug-likeness (QED) is 0.816. The van der Waals surface area contributed by atoms with Gasteiger partial charge in [-0.1, -0.05) is 25.4 Å². The molecule has 0 amide bonds. The second-order valence-corrected chi connectivity index (χ2v) is 4.73. The van der Waals surface area contributed by atoms with Gasteiger partial charge < -0.3 is 10.3 Å². The molecule has 2 heterocycles. The van der Waals surface area contributed by atoms with E-state index in [1.165, 1.54) is 0 Å². The molecule has 0 radical (unpaired) electrons. The number of rotatable bonds is 5. The number of hydrogen-bond acceptors (Lipinski definition) is 4. The van der Waals surface area contributed by atoms with Crippen LogP contribution >= 0.6 is 11.6 Å². The monoisotopic (exact) mass is 265 g/mol. The van der Waals surface area contributed by atoms with Crippen molar-refractivity contribution < 1.29 is 0 Å². The highest BCUT2D eigenvalue weighted by Gasteiger charge is 2.06. The van der Waals surface area contributed by atoms with Gasteiger partial charge in [-0.25, -0.2) is 15.0 Å². The molecule has 6 heteroatoms. The molecule has 2 rings (SSSR count). The maximum atomic E-state index is 5.97. The molecule has 2 aromatic heterocycles. The number of aromatic amines is 1. The van der Waals surface area contributed by atoms with E-state index in [9.17, 15) is 0 Å². The third kappa shape index (κ3) is 3.43. The van der Waals surface area contributed by atoms with Crippen molar-refractivity contribution in [2.45, 2.75) is 26.2 Å². The van der Waals surface area contributed by atoms with Crippen molar-refractivity contribution in [3.63, 3.8) is 0 Å². The fourth-order valence-electron chi connectivity index (χ4n) is 1.53. The summed E-state index contributed by atoms with van der Waals surface area (Å²) >= 11 is 5.97. The van der Waals surface area contributed by atoms with Gasteiger partial charge in [0.1, 0.15) is 16.8 Å². The molecule has 0 spiro atoms. The molecular formula is C12H16ClN5. The molecule has 2 N–H and O–H groups in total. The van der Waals surface area contributed by atoms with Crippen molar-refractivity contribution in [1.82, 2.24) is 19.9 Å². The number of halogens is 1. The third-order valence-corrected chi connectivity index (χ3v) is 2.68. The summed E-state index contributed by atoms with van der Waals surface area (Å²) in [6, 6.07) is 1.74. The summed E-state index contributed by atoms with van der Waals surface area (Å²) in [6.07, 6.45) is 4.35. The highest BCUT2D eigenvalue weighted by atomic mass is 35.5. The summed E-state index contributed by atoms with van der Waals surface area (Å²) in [5.74, 6) is 1.78. The number of hydrogen-bond donors (Lipinski definition) is 2. The first-order valence-electron chi connectivity index (χ1n) is 5.90. The van der Waals surface area contributed by atoms with Crippen LogP contribution in [0.3, 0.4) is 0 Å². The number of H-pyrrole nitrogens is 1. The van der Waals surface area contributed by atoms with E-state index in [1.807, 2.05) is 20.0 Å². The van der Waals surface area contributed by atoms with Crippen molar-refractivity contribution in [3.8, 4) is 0 Å². The topological polar surface area (TPSA) is 66.5 Å². The molecule has 5 nitrogen and oxygen atoms in total. The van der Waals surface area contributed by atoms with E-state index in [4.69, 9.17) is 11.6 Å². The standard InChI is InChI=1S/C12H16ClN5/c1-8(2)12-17-10(13)5-11(18-12)15-4-3-9-6-14-7-16-9/h5-8H,3-4H2,1-2H3,(H,14,16)(H,15,17,18). The molecule has 0 atom stereocenters. The van der Waals surface area contributed by atoms with Crippen molar-refractivity contribution in [1.29, 1.82) is 0 Å². The zero-order valence-electron chi connectivity index (χ0n) is 10.4. The first-order valence-corrected chi connectivity index (χ1v) is 6.28. The van der Waals surface area contributed by atoms with Crippen LogP contribution in [0.4, 0.5) is 5.82 Å². The smallest absolute Gasteiger partial charge is 0.135 e. The highest BCUT2D eigenvalue weighted by molar-refractivity contribution is 6.29. The minimum atomic E-state index is 0.261. The predicted molar refractivity (Wildman–Crippen MR) is 71.9 cm³/mol. The SMILES string of the molecule is CC(C)c1nc(Cl)cc(NCCc2cnc[nH]2)n1. The average molecular weight is 266 g/mol. The van der Waals surface area contributed by atoms with Gasteiger partial charge in [-0.2, -0.15) is 0 Å². The number of aromatic nitrogens is 4. The first kappa shape index (κ1) is 12.8. The Labute approximate surface area is 111 Å². The number of nitrogens with zero attached hydrogens (tertiary/aromatic N) is 3. The Balaban J connectivity index is 1.96. The van der Waals surface area contributed by atoms with E-state index in [1.54, 1.807) is 12.4 Å². The van der Waals surface area contributed by atoms with E-state index < -0.39 is 0 Å². The van der Waals surface area contributed by atoms with Crippen molar-refractivity contribution >= 4 is 17.4 Å². The second kappa shape index (κ2) is 5.82. The highest BCUT2D eigenvalue weighted by Crippen LogP contribution is 2.16. The third-order valence-electron chi connectivity index (χ3n) is 2.48. The molecule has 96 valence electrons. The molecule has 0 aliphatic carbocycles. The van der Waals surface area contributed by atoms with Gasteiger partial charge in [-0.05, 0) is 0 Å². The Morgan fingerprint density at radius 1 is 1.39 bits per heavy atom. The normalized spacial score (nSPS) is 10.9. The van der Waals surface area contributed by atoms with Crippen LogP contribution in [-0.2, 0) is 6.42 Å². The van der Waals surface area contributed by atoms with Crippen LogP contribution in [0.1, 0.15) is 31.3 Å². The summed E-state index contributed by atoms with van der Waals surface area (Å²) in [5.41, 5.74) is 1.09. The van der Waals surface area contributed by atoms with E-state index in [0.717, 1.165) is 30.3 Å². The molecule has 0 bridgehead atoms. The lowest BCUT2D eigenvalue weighted by atomic mass is 10.2. The second-order valence-electron chi connectivity index (χ2n) is 4.34. The maximum Gasteiger partial charge on any atom is 0.135 e. The molecular weight excluding hydrogens is 250 g/mol. The van der Waals surface area contributed by atoms with Crippen LogP contribution in [-0.4, -0.2) is 26.5 Å². The minimum absolute atomic E-state index is 0.261. The molecule has 0 fully saturated rings. The van der Waals surface area contributed by atoms with Gasteiger partial charge in [0, 0.05) is 36.8 Å². The van der Waals surface area contributed by atoms with Crippen LogP contribution in [0.25, 0.3) is 0 Å². The van der Waals surface area contributed by atoms with Crippen LogP contribution < -0.4 is 5.32 Å². The molecule has 0 saturated carbocycles. The number of imidazole rings is 1. The average Bonchev–Trinajstić information content (AvgIpc) is 2.81. The minimum Gasteiger partial charge on any atom is -0.370 e. The van der Waals surface area contributed by atoms with Gasteiger partial charge in [-0.3, -0.25) is 0 Å². The van der Waals surface area contributed by atoms with E-state index >= 15 is 0 Å². The van der Waals surface area contributed by atoms with Gasteiger partial charge in [-0.15, -0.1) is 0 Å². The lowest BCUT2D eigenvalue weighted by Gasteiger charge is -2.09. The first-order chi connectivity index (χ1) is 8.65. The predicted octanol–water partition coefficient (Wildman–Crippen LogP) is 2.63. The Hall–Kier alpha value is -1.62. The largest absolute Gasteiger partial charge is 0.370 e. The number of nitrogens with one attached hydrogen (secondary N) is 2. The van der Waals surface area contributed by atoms with Crippen molar-refractivity contribution in [2.24, 2.45) is 0 Å². The summed E-state index contributed by atoms with van der Waals surface area (Å²) < 4.78 is 0. The summed E-state index contributed by atoms with van der Waals surface area (Å²) in [6.45, 7) is 4.85. The zero-order chi connectivity index (χ0) is 13.0. The van der Waals surface area contributed by atoms with E-state index in [2.05, 4.69) is 25.3 Å². The van der Waals surface area contributed by atoms with Gasteiger partial charge in [0.15, 0.2) is 0 Å². The summed E-state index contributed by atoms with van der Waals surface area (Å²) in [7, 11) is 0. The Morgan fingerprint density at radius 2 is 2.22 bits per heavy atom. The van der Waals surface area contributed by atoms with Crippen LogP contribution in [0.2, 0.25) is 5.15 Å². The van der Waals surface area contributed by atoms with Crippen LogP contribution in [0, 0.1) is 0 Å². The van der Waals surface area contributed by atoms with E-state index in [-0.39, 0.29) is 5.92 Å². The molecule has 18 heavy (non-hydrogen) atoms. The van der Waals surface area contributed by atoms with Gasteiger partial charge in [0.05, 0.1) is 6.33 Å². The van der Waals surface area contributed by atoms with Crippen LogP contribution in [0.5, 0.6) is 0 Å². The zero-order valence-corrected chi connectivity index (χ0v) is 11.2. The fraction of sp³-hybridized carbons (Fsp3) is 0.417. The maximum absolute atomic E-state index is 5.97. The molecule has 2 aromatic rings. The number of anilines is 1. The molecule has 0 saturated heterocycles. The summed E-state index contributed by atoms with van der Waals surface area (Å²) in [5, 5.41) is 3.71. The van der Waals surface area contributed by atoms with Gasteiger partial charge in [0.25, 0.3) is 0 Å². The molecule has 0 aliphatic rings. The van der Waals surface area contributed by atoms with Crippen molar-refractivity contribution in [2.75, 3.05) is 11.9 Å². The lowest BCUT2D eigenvalue weighted by molar-refractivity contribution is 0.774. The Bertz CT molecular complexity index is 495. The molecule has 0 aliphatic heterocycles. The Morgan fingerprint density at radius 3 is 2.89 bits per heavy atom. The van der Waals surface area contributed by atoms with Crippen molar-refractivity contribution in [3.05, 3.63) is 35.3 Å². The fourth-order valence-corrected chi connectivity index (χ4v) is 1.72. The van der Waals surface area contributed by atoms with E-state index in [0.29, 0.717) is 5.15 Å². The summed E-state index contributed by atoms with van der Waals surface area (Å²) in [4.78, 5) is 15.6. The molecule has 0 unspecified atom stereocenters. The molecule has 0 aromatic carbocycles. The van der Waals surface area contributed by atoms with Gasteiger partial charge in [0.2, 0.25) is 0 Å². The lowest BCUT2D eigenvalue weighted by Crippen LogP contribution is -2.09.